The van der Waals surface area contributed by atoms with E-state index in [0.29, 0.717) is 38.7 Å². The van der Waals surface area contributed by atoms with Gasteiger partial charge in [0.25, 0.3) is 0 Å². The number of hydrogen-bond acceptors (Lipinski definition) is 23. The lowest BCUT2D eigenvalue weighted by Crippen LogP contribution is -2.65. The van der Waals surface area contributed by atoms with Gasteiger partial charge in [0, 0.05) is 79.0 Å². The molecule has 0 saturated heterocycles. The van der Waals surface area contributed by atoms with Crippen LogP contribution in [0, 0.1) is 5.92 Å². The van der Waals surface area contributed by atoms with Gasteiger partial charge in [0.05, 0.1) is 25.5 Å². The summed E-state index contributed by atoms with van der Waals surface area (Å²) < 4.78 is 2.92. The number of rotatable bonds is 52. The van der Waals surface area contributed by atoms with Crippen LogP contribution in [0.25, 0.3) is 21.7 Å². The van der Waals surface area contributed by atoms with Gasteiger partial charge in [0.1, 0.15) is 84.4 Å². The molecule has 0 radical (unpaired) electrons. The lowest BCUT2D eigenvalue weighted by Gasteiger charge is -2.35. The first kappa shape index (κ1) is 104. The predicted molar refractivity (Wildman–Crippen MR) is 467 cm³/mol. The monoisotopic (exact) mass is 1790 g/mol. The van der Waals surface area contributed by atoms with Gasteiger partial charge in [-0.05, 0) is 119 Å². The van der Waals surface area contributed by atoms with E-state index < -0.39 is 264 Å². The topological polar surface area (TPSA) is 682 Å². The normalized spacial score (nSPS) is 14.7. The molecule has 43 heteroatoms. The minimum atomic E-state index is -2.09. The van der Waals surface area contributed by atoms with Crippen LogP contribution in [0.15, 0.2) is 97.2 Å². The van der Waals surface area contributed by atoms with Crippen LogP contribution in [0.5, 0.6) is 5.75 Å². The molecule has 5 rings (SSSR count). The Morgan fingerprint density at radius 1 is 0.437 bits per heavy atom. The molecule has 0 saturated carbocycles. The minimum Gasteiger partial charge on any atom is -0.492 e. The number of nitrogens with one attached hydrogen (secondary N) is 14. The standard InChI is InChI=1S/C83H116N20O21S2/c1-41(2)39-83(10,80(123)100-55(27-30-63(86)109)70(113)97-60(38-65(88)111)75(118)95-56(69(89)112)37-64(87)110)103-76(119)58(35-46-19-22-47-15-11-12-16-48(47)33-46)96-73(116)57(34-45-20-23-50(24-21-45)124-32-31-90-43(4)105)99-79(122)68(82(8,9)126)102-72(115)54(26-29-62(85)108)93-74(117)59(36-49-40-91-52-18-14-13-17-51(49)52)98-77(120)66(42(3)104)101-71(114)53(25-28-61(84)107)94-78(121)67(81(6,7)125)92-44(5)106/h11-24,33,40-42,53-60,66-68,91,104,125-126H,25-32,34-39H2,1-10H3,(H2,84,107)(H2,85,108)(H2,86,109)(H2,87,110)(H2,88,111)(H2,89,112)(H,90,105)(H,92,106)(H,93,117)(H,94,121)(H,95,118)(H,96,116)(H,97,113)(H,98,120)(H,99,122)(H,100,123)(H,101,114)(H,102,115)(H,103,119)/t42-,53+,54+,55+,56+,57+,58+,59+,60+,66+,67-,68-,83+/m1/s1. The third-order valence-corrected chi connectivity index (χ3v) is 20.3. The van der Waals surface area contributed by atoms with E-state index in [1.807, 2.05) is 6.07 Å². The maximum Gasteiger partial charge on any atom is 0.246 e. The molecule has 19 amide bonds. The number of hydrogen-bond donors (Lipinski definition) is 23. The van der Waals surface area contributed by atoms with Crippen molar-refractivity contribution in [3.63, 3.8) is 0 Å². The van der Waals surface area contributed by atoms with Crippen LogP contribution < -0.4 is 108 Å². The van der Waals surface area contributed by atoms with E-state index in [2.05, 4.69) is 86.7 Å². The molecule has 0 spiro atoms. The van der Waals surface area contributed by atoms with Crippen molar-refractivity contribution in [2.24, 2.45) is 40.3 Å². The van der Waals surface area contributed by atoms with Crippen LogP contribution in [0.3, 0.4) is 0 Å². The highest BCUT2D eigenvalue weighted by Crippen LogP contribution is 2.26. The zero-order chi connectivity index (χ0) is 94.4. The maximum atomic E-state index is 15.7. The fourth-order valence-electron chi connectivity index (χ4n) is 13.4. The summed E-state index contributed by atoms with van der Waals surface area (Å²) in [6.07, 6.45) is -6.61. The van der Waals surface area contributed by atoms with Gasteiger partial charge < -0.3 is 118 Å². The molecule has 1 aromatic heterocycles. The number of H-pyrrole nitrogens is 1. The van der Waals surface area contributed by atoms with E-state index >= 15 is 28.8 Å². The van der Waals surface area contributed by atoms with Crippen molar-refractivity contribution in [3.8, 4) is 5.75 Å². The second kappa shape index (κ2) is 47.8. The Labute approximate surface area is 737 Å². The average Bonchev–Trinajstić information content (AvgIpc) is 1.27. The van der Waals surface area contributed by atoms with Crippen molar-refractivity contribution in [2.45, 2.75) is 234 Å². The van der Waals surface area contributed by atoms with E-state index in [-0.39, 0.29) is 31.9 Å². The SMILES string of the molecule is CC(=O)NCCOc1ccc(C[C@H](NC(=O)[C@@H](NC(=O)[C@H](CCC(N)=O)NC(=O)[C@H](Cc2c[nH]c3ccccc23)NC(=O)[C@@H](NC(=O)[C@H](CCC(N)=O)NC(=O)[C@@H](NC(C)=O)C(C)(C)S)[C@@H](C)O)C(C)(C)S)C(=O)N[C@@H](Cc2ccc3ccccc3c2)C(=O)N[C@@](C)(CC(C)C)C(=O)N[C@@H](CCC(N)=O)C(=O)N[C@@H](CC(N)=O)C(=O)N[C@@H](CC(N)=O)C(N)=O)cc1. The molecule has 0 aliphatic carbocycles. The second-order valence-corrected chi connectivity index (χ2v) is 34.7. The van der Waals surface area contributed by atoms with Crippen LogP contribution in [0.1, 0.15) is 144 Å². The first-order valence-corrected chi connectivity index (χ1v) is 41.2. The number of ether oxygens (including phenoxy) is 1. The zero-order valence-electron chi connectivity index (χ0n) is 71.6. The van der Waals surface area contributed by atoms with Gasteiger partial charge in [-0.15, -0.1) is 0 Å². The van der Waals surface area contributed by atoms with Crippen molar-refractivity contribution in [3.05, 3.63) is 114 Å². The number of para-hydroxylation sites is 1. The summed E-state index contributed by atoms with van der Waals surface area (Å²) in [5, 5.41) is 45.9. The van der Waals surface area contributed by atoms with Crippen molar-refractivity contribution in [1.29, 1.82) is 0 Å². The first-order chi connectivity index (χ1) is 58.8. The van der Waals surface area contributed by atoms with Gasteiger partial charge in [-0.3, -0.25) is 91.1 Å². The van der Waals surface area contributed by atoms with Crippen molar-refractivity contribution >= 4 is 159 Å². The number of carbonyl (C=O) groups excluding carboxylic acids is 19. The number of aromatic amines is 1. The predicted octanol–water partition coefficient (Wildman–Crippen LogP) is -4.03. The van der Waals surface area contributed by atoms with E-state index in [9.17, 15) is 67.4 Å². The number of aliphatic hydroxyl groups excluding tert-OH is 1. The smallest absolute Gasteiger partial charge is 0.246 e. The quantitative estimate of drug-likeness (QED) is 0.0130. The third kappa shape index (κ3) is 34.0. The number of primary amides is 6. The van der Waals surface area contributed by atoms with E-state index in [4.69, 9.17) is 51.8 Å². The fraction of sp³-hybridized carbons (Fsp3) is 0.482. The molecule has 0 aliphatic rings. The Morgan fingerprint density at radius 2 is 0.865 bits per heavy atom. The maximum absolute atomic E-state index is 15.7. The van der Waals surface area contributed by atoms with E-state index in [1.54, 1.807) is 86.6 Å². The number of nitrogens with two attached hydrogens (primary N) is 6. The zero-order valence-corrected chi connectivity index (χ0v) is 73.4. The first-order valence-electron chi connectivity index (χ1n) is 40.3. The van der Waals surface area contributed by atoms with E-state index in [0.717, 1.165) is 19.2 Å². The molecule has 41 nitrogen and oxygen atoms in total. The number of fused-ring (bicyclic) bond motifs is 2. The number of amides is 19. The summed E-state index contributed by atoms with van der Waals surface area (Å²) in [6.45, 7) is 14.2. The van der Waals surface area contributed by atoms with Crippen LogP contribution in [-0.4, -0.2) is 223 Å². The molecule has 0 aliphatic heterocycles. The third-order valence-electron chi connectivity index (χ3n) is 19.7. The highest BCUT2D eigenvalue weighted by Gasteiger charge is 2.44. The summed E-state index contributed by atoms with van der Waals surface area (Å²) in [7, 11) is 0. The van der Waals surface area contributed by atoms with Crippen LogP contribution in [0.4, 0.5) is 0 Å². The average molecular weight is 1790 g/mol. The number of aliphatic hydroxyl groups is 1. The fourth-order valence-corrected chi connectivity index (χ4v) is 13.8. The molecule has 686 valence electrons. The Bertz CT molecular complexity index is 4820. The molecule has 5 aromatic rings. The lowest BCUT2D eigenvalue weighted by atomic mass is 9.88. The Kier molecular flexibility index (Phi) is 39.3. The molecule has 0 unspecified atom stereocenters. The Hall–Kier alpha value is -12.9. The summed E-state index contributed by atoms with van der Waals surface area (Å²) in [4.78, 5) is 263. The van der Waals surface area contributed by atoms with Gasteiger partial charge in [0.15, 0.2) is 0 Å². The second-order valence-electron chi connectivity index (χ2n) is 32.4. The molecular weight excluding hydrogens is 1680 g/mol. The largest absolute Gasteiger partial charge is 0.492 e. The molecule has 0 fully saturated rings. The molecule has 1 heterocycles. The highest BCUT2D eigenvalue weighted by molar-refractivity contribution is 7.82. The van der Waals surface area contributed by atoms with Crippen LogP contribution >= 0.6 is 25.3 Å². The van der Waals surface area contributed by atoms with Gasteiger partial charge in [-0.25, -0.2) is 0 Å². The summed E-state index contributed by atoms with van der Waals surface area (Å²) in [5.74, 6) is -19.8. The molecule has 4 aromatic carbocycles. The molecule has 13 atom stereocenters. The lowest BCUT2D eigenvalue weighted by molar-refractivity contribution is -0.139. The molecule has 0 bridgehead atoms. The van der Waals surface area contributed by atoms with Gasteiger partial charge in [0.2, 0.25) is 112 Å². The number of aromatic nitrogens is 1. The van der Waals surface area contributed by atoms with Crippen molar-refractivity contribution in [2.75, 3.05) is 13.2 Å². The Balaban J connectivity index is 1.59. The van der Waals surface area contributed by atoms with Crippen molar-refractivity contribution < 1.29 is 101 Å². The summed E-state index contributed by atoms with van der Waals surface area (Å²) >= 11 is 9.18. The minimum absolute atomic E-state index is 0.0355. The highest BCUT2D eigenvalue weighted by atomic mass is 32.1. The van der Waals surface area contributed by atoms with Crippen molar-refractivity contribution in [1.82, 2.24) is 74.1 Å². The van der Waals surface area contributed by atoms with E-state index in [1.165, 1.54) is 59.9 Å². The molecule has 27 N–H and O–H groups in total. The van der Waals surface area contributed by atoms with Gasteiger partial charge in [-0.1, -0.05) is 86.6 Å². The van der Waals surface area contributed by atoms with Crippen LogP contribution in [-0.2, 0) is 110 Å². The Morgan fingerprint density at radius 3 is 1.39 bits per heavy atom. The number of carbonyl (C=O) groups is 19. The summed E-state index contributed by atoms with van der Waals surface area (Å²) in [6, 6.07) is 5.94. The van der Waals surface area contributed by atoms with Gasteiger partial charge in [-0.2, -0.15) is 25.3 Å². The molecular formula is C83H116N20O21S2. The summed E-state index contributed by atoms with van der Waals surface area (Å²) in [5.41, 5.74) is 32.3. The number of benzene rings is 4. The van der Waals surface area contributed by atoms with Gasteiger partial charge >= 0.3 is 0 Å². The van der Waals surface area contributed by atoms with Crippen LogP contribution in [0.2, 0.25) is 0 Å². The molecule has 126 heavy (non-hydrogen) atoms. The number of thiol groups is 2.